The third-order valence-corrected chi connectivity index (χ3v) is 2.87. The first-order valence-corrected chi connectivity index (χ1v) is 6.21. The molecule has 0 fully saturated rings. The SMILES string of the molecule is CC(C)(CO)N(CCO)C(=O)OCc1ccccc1. The van der Waals surface area contributed by atoms with Crippen LogP contribution in [-0.4, -0.2) is 46.5 Å². The Morgan fingerprint density at radius 1 is 1.26 bits per heavy atom. The number of ether oxygens (including phenoxy) is 1. The lowest BCUT2D eigenvalue weighted by Crippen LogP contribution is -2.51. The van der Waals surface area contributed by atoms with Crippen LogP contribution in [0.4, 0.5) is 4.79 Å². The number of rotatable bonds is 6. The molecule has 0 radical (unpaired) electrons. The smallest absolute Gasteiger partial charge is 0.410 e. The lowest BCUT2D eigenvalue weighted by Gasteiger charge is -2.35. The lowest BCUT2D eigenvalue weighted by atomic mass is 10.1. The van der Waals surface area contributed by atoms with Crippen molar-refractivity contribution in [3.05, 3.63) is 35.9 Å². The fraction of sp³-hybridized carbons (Fsp3) is 0.500. The second-order valence-electron chi connectivity index (χ2n) is 4.89. The van der Waals surface area contributed by atoms with Crippen LogP contribution >= 0.6 is 0 Å². The van der Waals surface area contributed by atoms with E-state index in [1.165, 1.54) is 4.90 Å². The molecular weight excluding hydrogens is 246 g/mol. The number of benzene rings is 1. The molecule has 0 bridgehead atoms. The van der Waals surface area contributed by atoms with E-state index in [1.807, 2.05) is 30.3 Å². The first kappa shape index (κ1) is 15.5. The molecule has 1 rings (SSSR count). The normalized spacial score (nSPS) is 11.2. The molecule has 19 heavy (non-hydrogen) atoms. The van der Waals surface area contributed by atoms with Gasteiger partial charge in [-0.15, -0.1) is 0 Å². The zero-order chi connectivity index (χ0) is 14.3. The molecule has 0 aliphatic heterocycles. The highest BCUT2D eigenvalue weighted by Gasteiger charge is 2.31. The van der Waals surface area contributed by atoms with Crippen molar-refractivity contribution in [2.45, 2.75) is 26.0 Å². The molecule has 0 atom stereocenters. The number of hydrogen-bond donors (Lipinski definition) is 2. The predicted octanol–water partition coefficient (Wildman–Crippen LogP) is 1.39. The van der Waals surface area contributed by atoms with Gasteiger partial charge in [-0.2, -0.15) is 0 Å². The molecule has 0 aliphatic carbocycles. The Morgan fingerprint density at radius 2 is 1.89 bits per heavy atom. The van der Waals surface area contributed by atoms with Gasteiger partial charge in [-0.1, -0.05) is 30.3 Å². The summed E-state index contributed by atoms with van der Waals surface area (Å²) in [5, 5.41) is 18.3. The van der Waals surface area contributed by atoms with E-state index in [-0.39, 0.29) is 26.4 Å². The summed E-state index contributed by atoms with van der Waals surface area (Å²) in [6.07, 6.45) is -0.544. The van der Waals surface area contributed by atoms with Crippen molar-refractivity contribution in [2.75, 3.05) is 19.8 Å². The summed E-state index contributed by atoms with van der Waals surface area (Å²) in [6, 6.07) is 9.35. The van der Waals surface area contributed by atoms with E-state index in [9.17, 15) is 9.90 Å². The summed E-state index contributed by atoms with van der Waals surface area (Å²) in [5.41, 5.74) is 0.123. The van der Waals surface area contributed by atoms with Crippen LogP contribution in [0.15, 0.2) is 30.3 Å². The molecule has 5 nitrogen and oxygen atoms in total. The number of β-amino-alcohol motifs (C(OH)–C–C–N with tert-alkyl or cyclic N) is 1. The molecule has 1 amide bonds. The van der Waals surface area contributed by atoms with Gasteiger partial charge in [0.05, 0.1) is 18.8 Å². The van der Waals surface area contributed by atoms with Gasteiger partial charge in [0, 0.05) is 6.54 Å². The van der Waals surface area contributed by atoms with Crippen molar-refractivity contribution >= 4 is 6.09 Å². The highest BCUT2D eigenvalue weighted by molar-refractivity contribution is 5.68. The Kier molecular flexibility index (Phi) is 5.79. The number of amides is 1. The maximum atomic E-state index is 12.0. The van der Waals surface area contributed by atoms with Crippen molar-refractivity contribution in [2.24, 2.45) is 0 Å². The summed E-state index contributed by atoms with van der Waals surface area (Å²) in [7, 11) is 0. The van der Waals surface area contributed by atoms with Gasteiger partial charge in [0.2, 0.25) is 0 Å². The Morgan fingerprint density at radius 3 is 2.42 bits per heavy atom. The minimum atomic E-state index is -0.767. The van der Waals surface area contributed by atoms with Crippen molar-refractivity contribution in [3.63, 3.8) is 0 Å². The van der Waals surface area contributed by atoms with E-state index < -0.39 is 11.6 Å². The highest BCUT2D eigenvalue weighted by atomic mass is 16.6. The zero-order valence-electron chi connectivity index (χ0n) is 11.4. The fourth-order valence-corrected chi connectivity index (χ4v) is 1.62. The average molecular weight is 267 g/mol. The fourth-order valence-electron chi connectivity index (χ4n) is 1.62. The Balaban J connectivity index is 2.63. The minimum absolute atomic E-state index is 0.126. The molecule has 0 unspecified atom stereocenters. The standard InChI is InChI=1S/C14H21NO4/c1-14(2,11-17)15(8-9-16)13(18)19-10-12-6-4-3-5-7-12/h3-7,16-17H,8-11H2,1-2H3. The molecular formula is C14H21NO4. The van der Waals surface area contributed by atoms with Gasteiger partial charge in [0.15, 0.2) is 0 Å². The molecule has 1 aromatic rings. The lowest BCUT2D eigenvalue weighted by molar-refractivity contribution is 0.0235. The van der Waals surface area contributed by atoms with Gasteiger partial charge in [0.25, 0.3) is 0 Å². The van der Waals surface area contributed by atoms with E-state index in [4.69, 9.17) is 9.84 Å². The number of carbonyl (C=O) groups is 1. The molecule has 0 aliphatic rings. The second-order valence-corrected chi connectivity index (χ2v) is 4.89. The van der Waals surface area contributed by atoms with Crippen LogP contribution in [0.5, 0.6) is 0 Å². The van der Waals surface area contributed by atoms with E-state index in [1.54, 1.807) is 13.8 Å². The highest BCUT2D eigenvalue weighted by Crippen LogP contribution is 2.15. The first-order valence-electron chi connectivity index (χ1n) is 6.21. The third kappa shape index (κ3) is 4.54. The summed E-state index contributed by atoms with van der Waals surface area (Å²) in [5.74, 6) is 0. The average Bonchev–Trinajstić information content (AvgIpc) is 2.43. The van der Waals surface area contributed by atoms with Gasteiger partial charge >= 0.3 is 6.09 Å². The van der Waals surface area contributed by atoms with E-state index in [0.717, 1.165) is 5.56 Å². The van der Waals surface area contributed by atoms with Crippen molar-refractivity contribution in [1.29, 1.82) is 0 Å². The van der Waals surface area contributed by atoms with Crippen LogP contribution in [0.2, 0.25) is 0 Å². The number of hydrogen-bond acceptors (Lipinski definition) is 4. The Labute approximate surface area is 113 Å². The molecule has 0 saturated carbocycles. The maximum Gasteiger partial charge on any atom is 0.410 e. The van der Waals surface area contributed by atoms with Crippen molar-refractivity contribution < 1.29 is 19.7 Å². The predicted molar refractivity (Wildman–Crippen MR) is 71.6 cm³/mol. The van der Waals surface area contributed by atoms with E-state index in [0.29, 0.717) is 0 Å². The van der Waals surface area contributed by atoms with Crippen LogP contribution in [0, 0.1) is 0 Å². The van der Waals surface area contributed by atoms with E-state index >= 15 is 0 Å². The van der Waals surface area contributed by atoms with Crippen LogP contribution in [0.3, 0.4) is 0 Å². The molecule has 0 saturated heterocycles. The largest absolute Gasteiger partial charge is 0.445 e. The van der Waals surface area contributed by atoms with Gasteiger partial charge in [-0.25, -0.2) is 4.79 Å². The van der Waals surface area contributed by atoms with Crippen LogP contribution < -0.4 is 0 Å². The van der Waals surface area contributed by atoms with Crippen LogP contribution in [0.25, 0.3) is 0 Å². The molecule has 0 spiro atoms. The monoisotopic (exact) mass is 267 g/mol. The van der Waals surface area contributed by atoms with Gasteiger partial charge in [0.1, 0.15) is 6.61 Å². The van der Waals surface area contributed by atoms with Crippen LogP contribution in [0.1, 0.15) is 19.4 Å². The summed E-state index contributed by atoms with van der Waals surface area (Å²) in [6.45, 7) is 3.35. The minimum Gasteiger partial charge on any atom is -0.445 e. The van der Waals surface area contributed by atoms with Crippen molar-refractivity contribution in [1.82, 2.24) is 4.90 Å². The Hall–Kier alpha value is -1.59. The number of aliphatic hydroxyl groups excluding tert-OH is 2. The number of carbonyl (C=O) groups excluding carboxylic acids is 1. The molecule has 0 heterocycles. The third-order valence-electron chi connectivity index (χ3n) is 2.87. The second kappa shape index (κ2) is 7.11. The van der Waals surface area contributed by atoms with Gasteiger partial charge < -0.3 is 14.9 Å². The van der Waals surface area contributed by atoms with Gasteiger partial charge in [-0.05, 0) is 19.4 Å². The van der Waals surface area contributed by atoms with Gasteiger partial charge in [-0.3, -0.25) is 4.90 Å². The zero-order valence-corrected chi connectivity index (χ0v) is 11.4. The van der Waals surface area contributed by atoms with Crippen LogP contribution in [-0.2, 0) is 11.3 Å². The quantitative estimate of drug-likeness (QED) is 0.817. The summed E-state index contributed by atoms with van der Waals surface area (Å²) < 4.78 is 5.20. The number of nitrogens with zero attached hydrogens (tertiary/aromatic N) is 1. The first-order chi connectivity index (χ1) is 9.01. The van der Waals surface area contributed by atoms with E-state index in [2.05, 4.69) is 0 Å². The summed E-state index contributed by atoms with van der Waals surface area (Å²) >= 11 is 0. The molecule has 1 aromatic carbocycles. The molecule has 2 N–H and O–H groups in total. The van der Waals surface area contributed by atoms with Crippen molar-refractivity contribution in [3.8, 4) is 0 Å². The molecule has 5 heteroatoms. The maximum absolute atomic E-state index is 12.0. The molecule has 106 valence electrons. The molecule has 0 aromatic heterocycles. The summed E-state index contributed by atoms with van der Waals surface area (Å²) in [4.78, 5) is 13.3. The Bertz CT molecular complexity index is 392. The topological polar surface area (TPSA) is 70.0 Å². The number of aliphatic hydroxyl groups is 2.